The molecule has 0 saturated carbocycles. The first-order valence-corrected chi connectivity index (χ1v) is 9.91. The minimum atomic E-state index is -0.496. The van der Waals surface area contributed by atoms with Crippen molar-refractivity contribution < 1.29 is 28.9 Å². The van der Waals surface area contributed by atoms with E-state index in [-0.39, 0.29) is 11.8 Å². The van der Waals surface area contributed by atoms with E-state index in [1.165, 1.54) is 15.4 Å². The monoisotopic (exact) mass is 394 g/mol. The molecule has 0 aromatic heterocycles. The summed E-state index contributed by atoms with van der Waals surface area (Å²) >= 11 is 0. The number of quaternary nitrogens is 2. The normalized spacial score (nSPS) is 20.1. The third kappa shape index (κ3) is 6.38. The van der Waals surface area contributed by atoms with Crippen molar-refractivity contribution in [2.24, 2.45) is 0 Å². The van der Waals surface area contributed by atoms with Gasteiger partial charge in [-0.3, -0.25) is 9.59 Å². The first-order valence-electron chi connectivity index (χ1n) is 9.91. The van der Waals surface area contributed by atoms with Gasteiger partial charge in [0, 0.05) is 12.1 Å². The van der Waals surface area contributed by atoms with Crippen LogP contribution in [0, 0.1) is 0 Å². The Bertz CT molecular complexity index is 660. The zero-order valence-corrected chi connectivity index (χ0v) is 17.4. The molecule has 2 rings (SSSR count). The second-order valence-corrected chi connectivity index (χ2v) is 7.23. The number of carbonyl (C=O) groups excluding carboxylic acids is 2. The number of ether oxygens (including phenoxy) is 2. The Kier molecular flexibility index (Phi) is 8.53. The molecule has 0 spiro atoms. The number of carbonyl (C=O) groups is 2. The van der Waals surface area contributed by atoms with Gasteiger partial charge in [0.05, 0.1) is 14.2 Å². The van der Waals surface area contributed by atoms with Gasteiger partial charge in [-0.15, -0.1) is 0 Å². The zero-order valence-electron chi connectivity index (χ0n) is 17.4. The zero-order chi connectivity index (χ0) is 20.5. The number of likely N-dealkylation sites (N-methyl/N-ethyl adjacent to an activating group) is 1. The van der Waals surface area contributed by atoms with Gasteiger partial charge in [0.15, 0.2) is 18.0 Å². The van der Waals surface area contributed by atoms with E-state index in [0.29, 0.717) is 13.1 Å². The minimum absolute atomic E-state index is 0.0721. The molecule has 8 heteroatoms. The Hall–Kier alpha value is -2.32. The largest absolute Gasteiger partial charge is 0.493 e. The van der Waals surface area contributed by atoms with Gasteiger partial charge in [0.25, 0.3) is 5.91 Å². The second-order valence-electron chi connectivity index (χ2n) is 7.23. The van der Waals surface area contributed by atoms with E-state index in [1.54, 1.807) is 21.1 Å². The summed E-state index contributed by atoms with van der Waals surface area (Å²) in [5.41, 5.74) is 1.21. The third-order valence-corrected chi connectivity index (χ3v) is 5.10. The lowest BCUT2D eigenvalue weighted by atomic mass is 10.1. The molecule has 1 aromatic carbocycles. The molecule has 1 heterocycles. The molecular weight excluding hydrogens is 360 g/mol. The molecule has 1 aromatic rings. The number of hydrogen-bond donors (Lipinski definition) is 4. The summed E-state index contributed by atoms with van der Waals surface area (Å²) in [6.45, 7) is 9.35. The standard InChI is InChI=1S/C20H32N4O4/c1-5-21-20(26)15(2)22-19(25)14-24-10-8-23(9-11-24)13-16-6-7-17(27-3)18(12-16)28-4/h6-7,12,15H,5,8-11,13-14H2,1-4H3,(H,21,26)(H,22,25)/p+2/t15-/m1/s1. The van der Waals surface area contributed by atoms with Gasteiger partial charge < -0.3 is 29.9 Å². The molecule has 0 radical (unpaired) electrons. The summed E-state index contributed by atoms with van der Waals surface area (Å²) < 4.78 is 10.7. The smallest absolute Gasteiger partial charge is 0.275 e. The molecule has 1 fully saturated rings. The van der Waals surface area contributed by atoms with Gasteiger partial charge in [-0.2, -0.15) is 0 Å². The van der Waals surface area contributed by atoms with Gasteiger partial charge in [-0.05, 0) is 32.0 Å². The molecule has 1 aliphatic rings. The molecular formula is C20H34N4O4+2. The van der Waals surface area contributed by atoms with Crippen molar-refractivity contribution in [2.75, 3.05) is 53.5 Å². The van der Waals surface area contributed by atoms with Crippen LogP contribution < -0.4 is 29.9 Å². The summed E-state index contributed by atoms with van der Waals surface area (Å²) in [6.07, 6.45) is 0. The maximum Gasteiger partial charge on any atom is 0.275 e. The van der Waals surface area contributed by atoms with Crippen molar-refractivity contribution >= 4 is 11.8 Å². The Morgan fingerprint density at radius 2 is 1.71 bits per heavy atom. The average Bonchev–Trinajstić information content (AvgIpc) is 2.69. The molecule has 4 N–H and O–H groups in total. The van der Waals surface area contributed by atoms with E-state index >= 15 is 0 Å². The minimum Gasteiger partial charge on any atom is -0.493 e. The van der Waals surface area contributed by atoms with Gasteiger partial charge in [-0.1, -0.05) is 0 Å². The molecule has 1 saturated heterocycles. The number of amides is 2. The SMILES string of the molecule is CCNC(=O)[C@@H](C)NC(=O)C[NH+]1CC[NH+](Cc2ccc(OC)c(OC)c2)CC1. The Labute approximate surface area is 167 Å². The fraction of sp³-hybridized carbons (Fsp3) is 0.600. The van der Waals surface area contributed by atoms with Crippen molar-refractivity contribution in [3.8, 4) is 11.5 Å². The Morgan fingerprint density at radius 3 is 2.32 bits per heavy atom. The lowest BCUT2D eigenvalue weighted by molar-refractivity contribution is -1.02. The fourth-order valence-electron chi connectivity index (χ4n) is 3.50. The molecule has 156 valence electrons. The maximum atomic E-state index is 12.2. The van der Waals surface area contributed by atoms with Crippen LogP contribution in [0.5, 0.6) is 11.5 Å². The van der Waals surface area contributed by atoms with Crippen LogP contribution in [0.1, 0.15) is 19.4 Å². The van der Waals surface area contributed by atoms with Crippen LogP contribution in [0.2, 0.25) is 0 Å². The number of nitrogens with one attached hydrogen (secondary N) is 4. The fourth-order valence-corrected chi connectivity index (χ4v) is 3.50. The van der Waals surface area contributed by atoms with Crippen LogP contribution in [-0.4, -0.2) is 71.3 Å². The van der Waals surface area contributed by atoms with E-state index < -0.39 is 6.04 Å². The summed E-state index contributed by atoms with van der Waals surface area (Å²) in [5, 5.41) is 5.50. The van der Waals surface area contributed by atoms with E-state index in [4.69, 9.17) is 9.47 Å². The van der Waals surface area contributed by atoms with E-state index in [0.717, 1.165) is 44.2 Å². The summed E-state index contributed by atoms with van der Waals surface area (Å²) in [7, 11) is 3.28. The molecule has 2 amide bonds. The second kappa shape index (κ2) is 10.9. The molecule has 28 heavy (non-hydrogen) atoms. The Morgan fingerprint density at radius 1 is 1.07 bits per heavy atom. The predicted molar refractivity (Wildman–Crippen MR) is 106 cm³/mol. The van der Waals surface area contributed by atoms with Crippen LogP contribution in [0.4, 0.5) is 0 Å². The number of benzene rings is 1. The van der Waals surface area contributed by atoms with E-state index in [2.05, 4.69) is 16.7 Å². The molecule has 8 nitrogen and oxygen atoms in total. The van der Waals surface area contributed by atoms with Gasteiger partial charge in [0.2, 0.25) is 5.91 Å². The highest BCUT2D eigenvalue weighted by atomic mass is 16.5. The number of methoxy groups -OCH3 is 2. The third-order valence-electron chi connectivity index (χ3n) is 5.10. The van der Waals surface area contributed by atoms with Crippen LogP contribution >= 0.6 is 0 Å². The molecule has 0 bridgehead atoms. The predicted octanol–water partition coefficient (Wildman–Crippen LogP) is -2.37. The van der Waals surface area contributed by atoms with Crippen LogP contribution in [-0.2, 0) is 16.1 Å². The molecule has 0 aliphatic carbocycles. The quantitative estimate of drug-likeness (QED) is 0.377. The number of piperazine rings is 1. The molecule has 0 unspecified atom stereocenters. The van der Waals surface area contributed by atoms with Crippen molar-refractivity contribution in [1.82, 2.24) is 10.6 Å². The van der Waals surface area contributed by atoms with Crippen LogP contribution in [0.15, 0.2) is 18.2 Å². The summed E-state index contributed by atoms with van der Waals surface area (Å²) in [6, 6.07) is 5.55. The first-order chi connectivity index (χ1) is 13.5. The van der Waals surface area contributed by atoms with E-state index in [1.807, 2.05) is 19.1 Å². The lowest BCUT2D eigenvalue weighted by Gasteiger charge is -2.29. The molecule has 1 atom stereocenters. The highest BCUT2D eigenvalue weighted by molar-refractivity contribution is 5.87. The molecule has 1 aliphatic heterocycles. The maximum absolute atomic E-state index is 12.2. The van der Waals surface area contributed by atoms with Crippen molar-refractivity contribution in [3.63, 3.8) is 0 Å². The van der Waals surface area contributed by atoms with Crippen LogP contribution in [0.25, 0.3) is 0 Å². The van der Waals surface area contributed by atoms with Crippen molar-refractivity contribution in [2.45, 2.75) is 26.4 Å². The average molecular weight is 395 g/mol. The summed E-state index contributed by atoms with van der Waals surface area (Å²) in [4.78, 5) is 26.7. The lowest BCUT2D eigenvalue weighted by Crippen LogP contribution is -3.28. The first kappa shape index (κ1) is 22.0. The van der Waals surface area contributed by atoms with Crippen molar-refractivity contribution in [1.29, 1.82) is 0 Å². The van der Waals surface area contributed by atoms with E-state index in [9.17, 15) is 9.59 Å². The van der Waals surface area contributed by atoms with Gasteiger partial charge >= 0.3 is 0 Å². The van der Waals surface area contributed by atoms with Crippen LogP contribution in [0.3, 0.4) is 0 Å². The van der Waals surface area contributed by atoms with Gasteiger partial charge in [-0.25, -0.2) is 0 Å². The van der Waals surface area contributed by atoms with Crippen molar-refractivity contribution in [3.05, 3.63) is 23.8 Å². The number of hydrogen-bond acceptors (Lipinski definition) is 4. The topological polar surface area (TPSA) is 85.5 Å². The Balaban J connectivity index is 1.77. The highest BCUT2D eigenvalue weighted by Crippen LogP contribution is 2.27. The number of rotatable bonds is 9. The van der Waals surface area contributed by atoms with Gasteiger partial charge in [0.1, 0.15) is 38.8 Å². The highest BCUT2D eigenvalue weighted by Gasteiger charge is 2.26. The summed E-state index contributed by atoms with van der Waals surface area (Å²) in [5.74, 6) is 1.28.